The van der Waals surface area contributed by atoms with Crippen molar-refractivity contribution in [2.24, 2.45) is 0 Å². The molecule has 0 unspecified atom stereocenters. The van der Waals surface area contributed by atoms with E-state index in [1.807, 2.05) is 0 Å². The predicted molar refractivity (Wildman–Crippen MR) is 65.7 cm³/mol. The van der Waals surface area contributed by atoms with Gasteiger partial charge in [0.2, 0.25) is 5.88 Å². The minimum atomic E-state index is 0.409. The number of benzene rings is 1. The quantitative estimate of drug-likeness (QED) is 0.797. The molecule has 0 spiro atoms. The lowest BCUT2D eigenvalue weighted by atomic mass is 10.2. The van der Waals surface area contributed by atoms with Crippen molar-refractivity contribution in [1.82, 2.24) is 9.97 Å². The second-order valence-electron chi connectivity index (χ2n) is 3.29. The van der Waals surface area contributed by atoms with E-state index in [-0.39, 0.29) is 0 Å². The molecule has 1 heterocycles. The summed E-state index contributed by atoms with van der Waals surface area (Å²) in [5.41, 5.74) is 0.472. The molecular formula is C12H8BrN3O. The van der Waals surface area contributed by atoms with Crippen molar-refractivity contribution in [3.63, 3.8) is 0 Å². The molecule has 17 heavy (non-hydrogen) atoms. The Kier molecular flexibility index (Phi) is 3.35. The summed E-state index contributed by atoms with van der Waals surface area (Å²) >= 11 is 3.27. The first-order valence-corrected chi connectivity index (χ1v) is 5.66. The fourth-order valence-corrected chi connectivity index (χ4v) is 1.77. The molecule has 0 atom stereocenters. The van der Waals surface area contributed by atoms with Gasteiger partial charge in [0, 0.05) is 6.07 Å². The van der Waals surface area contributed by atoms with Crippen LogP contribution in [0.15, 0.2) is 34.9 Å². The Morgan fingerprint density at radius 3 is 2.76 bits per heavy atom. The van der Waals surface area contributed by atoms with E-state index in [0.29, 0.717) is 27.6 Å². The summed E-state index contributed by atoms with van der Waals surface area (Å²) in [7, 11) is 0. The van der Waals surface area contributed by atoms with Crippen molar-refractivity contribution >= 4 is 15.9 Å². The molecule has 2 aromatic rings. The largest absolute Gasteiger partial charge is 0.437 e. The summed E-state index contributed by atoms with van der Waals surface area (Å²) in [6.07, 6.45) is 0. The number of nitrogens with zero attached hydrogens (tertiary/aromatic N) is 3. The molecule has 1 aromatic carbocycles. The van der Waals surface area contributed by atoms with E-state index in [9.17, 15) is 0 Å². The highest BCUT2D eigenvalue weighted by Crippen LogP contribution is 2.24. The summed E-state index contributed by atoms with van der Waals surface area (Å²) in [5.74, 6) is 1.50. The van der Waals surface area contributed by atoms with Gasteiger partial charge >= 0.3 is 0 Å². The van der Waals surface area contributed by atoms with Crippen LogP contribution in [0.25, 0.3) is 0 Å². The predicted octanol–water partition coefficient (Wildman–Crippen LogP) is 3.21. The third-order valence-electron chi connectivity index (χ3n) is 2.01. The molecule has 0 radical (unpaired) electrons. The summed E-state index contributed by atoms with van der Waals surface area (Å²) < 4.78 is 6.21. The van der Waals surface area contributed by atoms with Crippen LogP contribution in [0.2, 0.25) is 0 Å². The van der Waals surface area contributed by atoms with Crippen LogP contribution in [0.5, 0.6) is 11.6 Å². The van der Waals surface area contributed by atoms with Crippen molar-refractivity contribution in [2.45, 2.75) is 6.92 Å². The van der Waals surface area contributed by atoms with E-state index >= 15 is 0 Å². The van der Waals surface area contributed by atoms with Gasteiger partial charge in [0.05, 0.1) is 5.56 Å². The Hall–Kier alpha value is -1.93. The monoisotopic (exact) mass is 289 g/mol. The highest BCUT2D eigenvalue weighted by atomic mass is 79.9. The minimum Gasteiger partial charge on any atom is -0.437 e. The zero-order valence-corrected chi connectivity index (χ0v) is 10.6. The third-order valence-corrected chi connectivity index (χ3v) is 2.41. The van der Waals surface area contributed by atoms with E-state index in [1.165, 1.54) is 0 Å². The number of aryl methyl sites for hydroxylation is 1. The van der Waals surface area contributed by atoms with E-state index in [0.717, 1.165) is 0 Å². The fraction of sp³-hybridized carbons (Fsp3) is 0.0833. The SMILES string of the molecule is Cc1nc(Br)cc(Oc2ccccc2C#N)n1. The molecule has 4 nitrogen and oxygen atoms in total. The molecule has 84 valence electrons. The van der Waals surface area contributed by atoms with Gasteiger partial charge in [-0.1, -0.05) is 12.1 Å². The van der Waals surface area contributed by atoms with Gasteiger partial charge in [0.1, 0.15) is 22.2 Å². The molecule has 5 heteroatoms. The number of hydrogen-bond donors (Lipinski definition) is 0. The van der Waals surface area contributed by atoms with E-state index in [2.05, 4.69) is 32.0 Å². The topological polar surface area (TPSA) is 58.8 Å². The Morgan fingerprint density at radius 2 is 2.06 bits per heavy atom. The number of para-hydroxylation sites is 1. The molecule has 0 aliphatic heterocycles. The number of halogens is 1. The highest BCUT2D eigenvalue weighted by Gasteiger charge is 2.06. The van der Waals surface area contributed by atoms with E-state index in [4.69, 9.17) is 10.00 Å². The third kappa shape index (κ3) is 2.80. The van der Waals surface area contributed by atoms with Gasteiger partial charge in [0.15, 0.2) is 0 Å². The van der Waals surface area contributed by atoms with Gasteiger partial charge in [-0.3, -0.25) is 0 Å². The first-order valence-electron chi connectivity index (χ1n) is 4.87. The Balaban J connectivity index is 2.35. The lowest BCUT2D eigenvalue weighted by molar-refractivity contribution is 0.457. The van der Waals surface area contributed by atoms with Gasteiger partial charge in [-0.2, -0.15) is 10.2 Å². The molecule has 1 aromatic heterocycles. The van der Waals surface area contributed by atoms with Crippen LogP contribution in [0.1, 0.15) is 11.4 Å². The van der Waals surface area contributed by atoms with Crippen molar-refractivity contribution in [3.05, 3.63) is 46.3 Å². The Morgan fingerprint density at radius 1 is 1.29 bits per heavy atom. The molecule has 0 bridgehead atoms. The fourth-order valence-electron chi connectivity index (χ4n) is 1.32. The molecule has 0 saturated heterocycles. The maximum absolute atomic E-state index is 8.93. The molecule has 0 saturated carbocycles. The molecular weight excluding hydrogens is 282 g/mol. The minimum absolute atomic E-state index is 0.409. The molecule has 0 N–H and O–H groups in total. The van der Waals surface area contributed by atoms with Gasteiger partial charge in [-0.15, -0.1) is 0 Å². The molecule has 0 fully saturated rings. The number of nitriles is 1. The van der Waals surface area contributed by atoms with Crippen LogP contribution in [0.3, 0.4) is 0 Å². The molecule has 0 aliphatic carbocycles. The standard InChI is InChI=1S/C12H8BrN3O/c1-8-15-11(13)6-12(16-8)17-10-5-3-2-4-9(10)7-14/h2-6H,1H3. The first kappa shape index (κ1) is 11.6. The first-order chi connectivity index (χ1) is 8.19. The lowest BCUT2D eigenvalue weighted by Crippen LogP contribution is -1.94. The molecule has 2 rings (SSSR count). The highest BCUT2D eigenvalue weighted by molar-refractivity contribution is 9.10. The van der Waals surface area contributed by atoms with E-state index < -0.39 is 0 Å². The van der Waals surface area contributed by atoms with Crippen molar-refractivity contribution < 1.29 is 4.74 Å². The van der Waals surface area contributed by atoms with Crippen LogP contribution in [0, 0.1) is 18.3 Å². The average Bonchev–Trinajstić information content (AvgIpc) is 2.28. The summed E-state index contributed by atoms with van der Waals surface area (Å²) in [5, 5.41) is 8.93. The second kappa shape index (κ2) is 4.93. The van der Waals surface area contributed by atoms with Crippen LogP contribution < -0.4 is 4.74 Å². The molecule has 0 aliphatic rings. The van der Waals surface area contributed by atoms with E-state index in [1.54, 1.807) is 37.3 Å². The van der Waals surface area contributed by atoms with Gasteiger partial charge in [-0.05, 0) is 35.0 Å². The summed E-state index contributed by atoms with van der Waals surface area (Å²) in [6, 6.07) is 10.7. The lowest BCUT2D eigenvalue weighted by Gasteiger charge is -2.06. The average molecular weight is 290 g/mol. The Bertz CT molecular complexity index is 572. The van der Waals surface area contributed by atoms with Crippen molar-refractivity contribution in [1.29, 1.82) is 5.26 Å². The van der Waals surface area contributed by atoms with Crippen LogP contribution in [-0.4, -0.2) is 9.97 Å². The number of aromatic nitrogens is 2. The maximum Gasteiger partial charge on any atom is 0.223 e. The normalized spacial score (nSPS) is 9.71. The second-order valence-corrected chi connectivity index (χ2v) is 4.10. The number of ether oxygens (including phenoxy) is 1. The summed E-state index contributed by atoms with van der Waals surface area (Å²) in [4.78, 5) is 8.21. The van der Waals surface area contributed by atoms with Crippen LogP contribution in [0.4, 0.5) is 0 Å². The number of hydrogen-bond acceptors (Lipinski definition) is 4. The van der Waals surface area contributed by atoms with Crippen LogP contribution >= 0.6 is 15.9 Å². The zero-order valence-electron chi connectivity index (χ0n) is 9.01. The van der Waals surface area contributed by atoms with Gasteiger partial charge in [-0.25, -0.2) is 4.98 Å². The maximum atomic E-state index is 8.93. The number of rotatable bonds is 2. The smallest absolute Gasteiger partial charge is 0.223 e. The summed E-state index contributed by atoms with van der Waals surface area (Å²) in [6.45, 7) is 1.77. The van der Waals surface area contributed by atoms with Gasteiger partial charge in [0.25, 0.3) is 0 Å². The van der Waals surface area contributed by atoms with Crippen molar-refractivity contribution in [2.75, 3.05) is 0 Å². The Labute approximate surface area is 107 Å². The van der Waals surface area contributed by atoms with Crippen molar-refractivity contribution in [3.8, 4) is 17.7 Å². The van der Waals surface area contributed by atoms with Crippen LogP contribution in [-0.2, 0) is 0 Å². The molecule has 0 amide bonds. The zero-order chi connectivity index (χ0) is 12.3. The van der Waals surface area contributed by atoms with Gasteiger partial charge < -0.3 is 4.74 Å².